The van der Waals surface area contributed by atoms with E-state index in [1.54, 1.807) is 19.2 Å². The summed E-state index contributed by atoms with van der Waals surface area (Å²) in [7, 11) is 1.67. The summed E-state index contributed by atoms with van der Waals surface area (Å²) in [4.78, 5) is 28.2. The SMILES string of the molecule is COc1cccc(CN2CCC(NC(=O)c3sc(NC(=O)c4cccc(F)c4)cc3C)CC2)c1. The first-order valence-corrected chi connectivity index (χ1v) is 12.1. The fourth-order valence-electron chi connectivity index (χ4n) is 4.10. The second kappa shape index (κ2) is 10.8. The van der Waals surface area contributed by atoms with Crippen molar-refractivity contribution in [3.8, 4) is 5.75 Å². The molecule has 1 aliphatic heterocycles. The summed E-state index contributed by atoms with van der Waals surface area (Å²) in [6, 6.07) is 15.5. The van der Waals surface area contributed by atoms with Gasteiger partial charge in [-0.25, -0.2) is 4.39 Å². The molecule has 8 heteroatoms. The van der Waals surface area contributed by atoms with Gasteiger partial charge in [-0.05, 0) is 67.3 Å². The number of carbonyl (C=O) groups excluding carboxylic acids is 2. The van der Waals surface area contributed by atoms with Crippen LogP contribution in [0.15, 0.2) is 54.6 Å². The Balaban J connectivity index is 1.29. The fourth-order valence-corrected chi connectivity index (χ4v) is 5.07. The van der Waals surface area contributed by atoms with E-state index in [4.69, 9.17) is 4.74 Å². The van der Waals surface area contributed by atoms with Gasteiger partial charge in [0, 0.05) is 31.2 Å². The number of nitrogens with zero attached hydrogens (tertiary/aromatic N) is 1. The molecule has 2 aromatic carbocycles. The third kappa shape index (κ3) is 6.01. The van der Waals surface area contributed by atoms with Crippen LogP contribution >= 0.6 is 11.3 Å². The molecule has 0 radical (unpaired) electrons. The minimum absolute atomic E-state index is 0.112. The second-order valence-corrected chi connectivity index (χ2v) is 9.51. The monoisotopic (exact) mass is 481 g/mol. The van der Waals surface area contributed by atoms with Gasteiger partial charge in [0.2, 0.25) is 0 Å². The van der Waals surface area contributed by atoms with Gasteiger partial charge in [-0.1, -0.05) is 18.2 Å². The molecule has 2 N–H and O–H groups in total. The average Bonchev–Trinajstić information content (AvgIpc) is 3.20. The summed E-state index contributed by atoms with van der Waals surface area (Å²) in [5.74, 6) is -0.141. The Kier molecular flexibility index (Phi) is 7.59. The van der Waals surface area contributed by atoms with Gasteiger partial charge in [0.25, 0.3) is 11.8 Å². The molecule has 34 heavy (non-hydrogen) atoms. The maximum absolute atomic E-state index is 13.4. The normalized spacial score (nSPS) is 14.6. The average molecular weight is 482 g/mol. The minimum Gasteiger partial charge on any atom is -0.497 e. The van der Waals surface area contributed by atoms with E-state index < -0.39 is 11.7 Å². The second-order valence-electron chi connectivity index (χ2n) is 8.46. The van der Waals surface area contributed by atoms with E-state index in [2.05, 4.69) is 27.7 Å². The number of piperidine rings is 1. The number of thiophene rings is 1. The Morgan fingerprint density at radius 1 is 1.09 bits per heavy atom. The highest BCUT2D eigenvalue weighted by Crippen LogP contribution is 2.28. The van der Waals surface area contributed by atoms with Crippen molar-refractivity contribution in [2.75, 3.05) is 25.5 Å². The van der Waals surface area contributed by atoms with Crippen molar-refractivity contribution in [3.05, 3.63) is 82.0 Å². The van der Waals surface area contributed by atoms with Crippen molar-refractivity contribution >= 4 is 28.2 Å². The molecule has 0 saturated carbocycles. The molecule has 1 aliphatic rings. The number of carbonyl (C=O) groups is 2. The molecule has 2 heterocycles. The minimum atomic E-state index is -0.468. The summed E-state index contributed by atoms with van der Waals surface area (Å²) in [5, 5.41) is 6.47. The highest BCUT2D eigenvalue weighted by atomic mass is 32.1. The molecule has 1 aromatic heterocycles. The number of rotatable bonds is 7. The molecule has 0 atom stereocenters. The molecular formula is C26H28FN3O3S. The topological polar surface area (TPSA) is 70.7 Å². The van der Waals surface area contributed by atoms with Gasteiger partial charge in [-0.3, -0.25) is 14.5 Å². The van der Waals surface area contributed by atoms with Crippen LogP contribution in [0.4, 0.5) is 9.39 Å². The number of amides is 2. The highest BCUT2D eigenvalue weighted by molar-refractivity contribution is 7.18. The summed E-state index contributed by atoms with van der Waals surface area (Å²) in [6.45, 7) is 4.51. The predicted octanol–water partition coefficient (Wildman–Crippen LogP) is 4.85. The Morgan fingerprint density at radius 3 is 2.59 bits per heavy atom. The first-order chi connectivity index (χ1) is 16.4. The molecule has 0 aliphatic carbocycles. The van der Waals surface area contributed by atoms with Crippen molar-refractivity contribution in [1.29, 1.82) is 0 Å². The standard InChI is InChI=1S/C26H28FN3O3S/c1-17-13-23(29-25(31)19-6-4-7-20(27)15-19)34-24(17)26(32)28-21-9-11-30(12-10-21)16-18-5-3-8-22(14-18)33-2/h3-8,13-15,21H,9-12,16H2,1-2H3,(H,28,32)(H,29,31). The van der Waals surface area contributed by atoms with Crippen LogP contribution in [0, 0.1) is 12.7 Å². The quantitative estimate of drug-likeness (QED) is 0.506. The van der Waals surface area contributed by atoms with Crippen LogP contribution in [0.1, 0.15) is 44.0 Å². The molecule has 1 fully saturated rings. The fraction of sp³-hybridized carbons (Fsp3) is 0.308. The number of hydrogen-bond donors (Lipinski definition) is 2. The number of likely N-dealkylation sites (tertiary alicyclic amines) is 1. The Labute approximate surface area is 202 Å². The van der Waals surface area contributed by atoms with Crippen LogP contribution < -0.4 is 15.4 Å². The summed E-state index contributed by atoms with van der Waals surface area (Å²) in [6.07, 6.45) is 1.76. The van der Waals surface area contributed by atoms with Gasteiger partial charge in [0.15, 0.2) is 0 Å². The van der Waals surface area contributed by atoms with Gasteiger partial charge < -0.3 is 15.4 Å². The number of benzene rings is 2. The van der Waals surface area contributed by atoms with E-state index in [0.29, 0.717) is 9.88 Å². The van der Waals surface area contributed by atoms with Gasteiger partial charge in [0.1, 0.15) is 11.6 Å². The molecule has 4 rings (SSSR count). The van der Waals surface area contributed by atoms with Gasteiger partial charge in [-0.15, -0.1) is 11.3 Å². The number of hydrogen-bond acceptors (Lipinski definition) is 5. The van der Waals surface area contributed by atoms with E-state index in [1.807, 2.05) is 19.1 Å². The molecule has 0 unspecified atom stereocenters. The van der Waals surface area contributed by atoms with E-state index in [-0.39, 0.29) is 17.5 Å². The third-order valence-electron chi connectivity index (χ3n) is 5.91. The number of methoxy groups -OCH3 is 1. The number of ether oxygens (including phenoxy) is 1. The summed E-state index contributed by atoms with van der Waals surface area (Å²) >= 11 is 1.23. The van der Waals surface area contributed by atoms with Crippen LogP contribution in [0.5, 0.6) is 5.75 Å². The highest BCUT2D eigenvalue weighted by Gasteiger charge is 2.23. The van der Waals surface area contributed by atoms with Crippen molar-refractivity contribution in [3.63, 3.8) is 0 Å². The zero-order valence-corrected chi connectivity index (χ0v) is 20.1. The van der Waals surface area contributed by atoms with Crippen LogP contribution in [-0.2, 0) is 6.54 Å². The van der Waals surface area contributed by atoms with E-state index in [1.165, 1.54) is 35.1 Å². The van der Waals surface area contributed by atoms with Crippen LogP contribution in [-0.4, -0.2) is 43.0 Å². The van der Waals surface area contributed by atoms with Crippen LogP contribution in [0.25, 0.3) is 0 Å². The zero-order valence-electron chi connectivity index (χ0n) is 19.3. The molecule has 3 aromatic rings. The lowest BCUT2D eigenvalue weighted by atomic mass is 10.0. The van der Waals surface area contributed by atoms with Crippen molar-refractivity contribution in [2.45, 2.75) is 32.4 Å². The molecular weight excluding hydrogens is 453 g/mol. The molecule has 6 nitrogen and oxygen atoms in total. The van der Waals surface area contributed by atoms with Crippen LogP contribution in [0.3, 0.4) is 0 Å². The maximum Gasteiger partial charge on any atom is 0.261 e. The van der Waals surface area contributed by atoms with E-state index in [9.17, 15) is 14.0 Å². The van der Waals surface area contributed by atoms with Crippen LogP contribution in [0.2, 0.25) is 0 Å². The van der Waals surface area contributed by atoms with E-state index >= 15 is 0 Å². The van der Waals surface area contributed by atoms with Gasteiger partial charge in [0.05, 0.1) is 17.0 Å². The lowest BCUT2D eigenvalue weighted by Gasteiger charge is -2.32. The largest absolute Gasteiger partial charge is 0.497 e. The number of anilines is 1. The Morgan fingerprint density at radius 2 is 1.85 bits per heavy atom. The molecule has 178 valence electrons. The zero-order chi connectivity index (χ0) is 24.1. The molecule has 0 spiro atoms. The molecule has 1 saturated heterocycles. The molecule has 2 amide bonds. The summed E-state index contributed by atoms with van der Waals surface area (Å²) in [5.41, 5.74) is 2.24. The number of nitrogens with one attached hydrogen (secondary N) is 2. The molecule has 0 bridgehead atoms. The summed E-state index contributed by atoms with van der Waals surface area (Å²) < 4.78 is 18.7. The maximum atomic E-state index is 13.4. The number of halogens is 1. The van der Waals surface area contributed by atoms with Crippen molar-refractivity contribution < 1.29 is 18.7 Å². The van der Waals surface area contributed by atoms with Crippen molar-refractivity contribution in [1.82, 2.24) is 10.2 Å². The predicted molar refractivity (Wildman–Crippen MR) is 132 cm³/mol. The van der Waals surface area contributed by atoms with Crippen molar-refractivity contribution in [2.24, 2.45) is 0 Å². The van der Waals surface area contributed by atoms with Gasteiger partial charge in [-0.2, -0.15) is 0 Å². The third-order valence-corrected chi connectivity index (χ3v) is 7.06. The first-order valence-electron chi connectivity index (χ1n) is 11.2. The smallest absolute Gasteiger partial charge is 0.261 e. The number of aryl methyl sites for hydroxylation is 1. The van der Waals surface area contributed by atoms with E-state index in [0.717, 1.165) is 43.8 Å². The lowest BCUT2D eigenvalue weighted by Crippen LogP contribution is -2.44. The lowest BCUT2D eigenvalue weighted by molar-refractivity contribution is 0.0912. The van der Waals surface area contributed by atoms with Gasteiger partial charge >= 0.3 is 0 Å². The Hall–Kier alpha value is -3.23. The Bertz CT molecular complexity index is 1170. The first kappa shape index (κ1) is 23.9.